The second kappa shape index (κ2) is 9.61. The van der Waals surface area contributed by atoms with Gasteiger partial charge in [-0.15, -0.1) is 23.5 Å². The highest BCUT2D eigenvalue weighted by Crippen LogP contribution is 2.46. The van der Waals surface area contributed by atoms with Gasteiger partial charge < -0.3 is 14.2 Å². The lowest BCUT2D eigenvalue weighted by Crippen LogP contribution is -2.18. The largest absolute Gasteiger partial charge is 0.493 e. The molecule has 3 rings (SSSR count). The summed E-state index contributed by atoms with van der Waals surface area (Å²) >= 11 is 3.85. The van der Waals surface area contributed by atoms with Gasteiger partial charge in [-0.25, -0.2) is 4.79 Å². The summed E-state index contributed by atoms with van der Waals surface area (Å²) < 4.78 is 16.9. The highest BCUT2D eigenvalue weighted by atomic mass is 32.2. The van der Waals surface area contributed by atoms with Gasteiger partial charge in [-0.1, -0.05) is 26.0 Å². The molecule has 0 saturated carbocycles. The zero-order valence-electron chi connectivity index (χ0n) is 16.7. The molecular weight excluding hydrogens is 392 g/mol. The Morgan fingerprint density at radius 1 is 1.11 bits per heavy atom. The van der Waals surface area contributed by atoms with E-state index in [0.29, 0.717) is 27.7 Å². The van der Waals surface area contributed by atoms with E-state index in [4.69, 9.17) is 14.2 Å². The van der Waals surface area contributed by atoms with E-state index in [1.165, 1.54) is 11.1 Å². The summed E-state index contributed by atoms with van der Waals surface area (Å²) in [5.41, 5.74) is 3.61. The molecule has 0 N–H and O–H groups in total. The average molecular weight is 419 g/mol. The summed E-state index contributed by atoms with van der Waals surface area (Å²) in [6, 6.07) is 11.6. The molecule has 0 spiro atoms. The van der Waals surface area contributed by atoms with Crippen molar-refractivity contribution in [3.05, 3.63) is 53.1 Å². The molecule has 0 radical (unpaired) electrons. The molecule has 6 heteroatoms. The summed E-state index contributed by atoms with van der Waals surface area (Å²) in [7, 11) is 1.58. The Morgan fingerprint density at radius 2 is 1.86 bits per heavy atom. The maximum atomic E-state index is 12.2. The van der Waals surface area contributed by atoms with Crippen molar-refractivity contribution in [2.45, 2.75) is 31.3 Å². The Hall–Kier alpha value is -1.79. The Kier molecular flexibility index (Phi) is 7.18. The van der Waals surface area contributed by atoms with Crippen molar-refractivity contribution in [3.63, 3.8) is 0 Å². The molecule has 0 unspecified atom stereocenters. The van der Waals surface area contributed by atoms with Crippen molar-refractivity contribution in [1.82, 2.24) is 0 Å². The summed E-state index contributed by atoms with van der Waals surface area (Å²) in [5.74, 6) is 3.95. The van der Waals surface area contributed by atoms with Crippen LogP contribution in [0.15, 0.2) is 36.4 Å². The second-order valence-electron chi connectivity index (χ2n) is 6.92. The van der Waals surface area contributed by atoms with Gasteiger partial charge in [0.25, 0.3) is 0 Å². The molecule has 1 heterocycles. The molecule has 0 amide bonds. The predicted molar refractivity (Wildman–Crippen MR) is 117 cm³/mol. The number of ether oxygens (including phenoxy) is 3. The van der Waals surface area contributed by atoms with E-state index in [1.54, 1.807) is 13.2 Å². The number of esters is 1. The molecule has 0 aromatic heterocycles. The lowest BCUT2D eigenvalue weighted by molar-refractivity contribution is -0.136. The van der Waals surface area contributed by atoms with E-state index in [-0.39, 0.29) is 6.61 Å². The van der Waals surface area contributed by atoms with Gasteiger partial charge in [0.15, 0.2) is 18.1 Å². The Bertz CT molecular complexity index is 829. The number of thioether (sulfide) groups is 2. The highest BCUT2D eigenvalue weighted by molar-refractivity contribution is 8.19. The maximum Gasteiger partial charge on any atom is 0.349 e. The maximum absolute atomic E-state index is 12.2. The molecule has 150 valence electrons. The van der Waals surface area contributed by atoms with Gasteiger partial charge >= 0.3 is 5.97 Å². The van der Waals surface area contributed by atoms with Crippen LogP contribution in [0.4, 0.5) is 0 Å². The van der Waals surface area contributed by atoms with Crippen molar-refractivity contribution in [2.75, 3.05) is 25.2 Å². The van der Waals surface area contributed by atoms with Crippen LogP contribution in [0.5, 0.6) is 17.2 Å². The Morgan fingerprint density at radius 3 is 2.50 bits per heavy atom. The predicted octanol–water partition coefficient (Wildman–Crippen LogP) is 5.59. The van der Waals surface area contributed by atoms with Crippen LogP contribution in [-0.2, 0) is 4.79 Å². The minimum atomic E-state index is -0.457. The van der Waals surface area contributed by atoms with Crippen LogP contribution in [0.2, 0.25) is 0 Å². The van der Waals surface area contributed by atoms with Gasteiger partial charge in [-0.05, 0) is 53.8 Å². The number of hydrogen-bond donors (Lipinski definition) is 0. The molecular formula is C22H26O4S2. The van der Waals surface area contributed by atoms with Gasteiger partial charge in [-0.2, -0.15) is 0 Å². The molecule has 0 aliphatic carbocycles. The van der Waals surface area contributed by atoms with Crippen LogP contribution in [0, 0.1) is 6.92 Å². The lowest BCUT2D eigenvalue weighted by Gasteiger charge is -2.14. The fourth-order valence-electron chi connectivity index (χ4n) is 3.15. The molecule has 1 saturated heterocycles. The van der Waals surface area contributed by atoms with E-state index >= 15 is 0 Å². The minimum absolute atomic E-state index is 0.153. The Labute approximate surface area is 175 Å². The van der Waals surface area contributed by atoms with Crippen LogP contribution in [0.3, 0.4) is 0 Å². The summed E-state index contributed by atoms with van der Waals surface area (Å²) in [6.45, 7) is 6.21. The topological polar surface area (TPSA) is 44.8 Å². The smallest absolute Gasteiger partial charge is 0.349 e. The third kappa shape index (κ3) is 5.17. The fraction of sp³-hybridized carbons (Fsp3) is 0.409. The van der Waals surface area contributed by atoms with E-state index in [9.17, 15) is 4.79 Å². The van der Waals surface area contributed by atoms with Gasteiger partial charge in [0.05, 0.1) is 11.7 Å². The normalized spacial score (nSPS) is 14.3. The molecule has 0 bridgehead atoms. The van der Waals surface area contributed by atoms with Crippen molar-refractivity contribution in [3.8, 4) is 17.2 Å². The van der Waals surface area contributed by atoms with Crippen LogP contribution < -0.4 is 14.2 Å². The third-order valence-corrected chi connectivity index (χ3v) is 7.63. The van der Waals surface area contributed by atoms with E-state index in [2.05, 4.69) is 13.8 Å². The first-order valence-corrected chi connectivity index (χ1v) is 11.4. The standard InChI is InChI=1S/C22H26O4S2/c1-14(2)18-7-6-17(11-15(18)3)25-13-21(23)26-19-8-5-16(12-20(19)24-4)22-27-9-10-28-22/h5-8,11-12,14,22H,9-10,13H2,1-4H3. The van der Waals surface area contributed by atoms with E-state index < -0.39 is 5.97 Å². The first-order valence-electron chi connectivity index (χ1n) is 9.33. The number of hydrogen-bond acceptors (Lipinski definition) is 6. The van der Waals surface area contributed by atoms with E-state index in [1.807, 2.05) is 60.8 Å². The van der Waals surface area contributed by atoms with Crippen molar-refractivity contribution >= 4 is 29.5 Å². The van der Waals surface area contributed by atoms with Crippen LogP contribution >= 0.6 is 23.5 Å². The number of carbonyl (C=O) groups is 1. The zero-order valence-corrected chi connectivity index (χ0v) is 18.3. The number of benzene rings is 2. The summed E-state index contributed by atoms with van der Waals surface area (Å²) in [4.78, 5) is 12.2. The average Bonchev–Trinajstić information content (AvgIpc) is 3.21. The van der Waals surface area contributed by atoms with Gasteiger partial charge in [0, 0.05) is 11.5 Å². The van der Waals surface area contributed by atoms with Crippen LogP contribution in [0.25, 0.3) is 0 Å². The van der Waals surface area contributed by atoms with E-state index in [0.717, 1.165) is 17.1 Å². The van der Waals surface area contributed by atoms with Crippen molar-refractivity contribution in [1.29, 1.82) is 0 Å². The second-order valence-corrected chi connectivity index (χ2v) is 9.64. The van der Waals surface area contributed by atoms with Crippen LogP contribution in [-0.4, -0.2) is 31.2 Å². The lowest BCUT2D eigenvalue weighted by atomic mass is 9.98. The molecule has 4 nitrogen and oxygen atoms in total. The monoisotopic (exact) mass is 418 g/mol. The molecule has 1 aliphatic heterocycles. The quantitative estimate of drug-likeness (QED) is 0.431. The fourth-order valence-corrected chi connectivity index (χ4v) is 5.98. The summed E-state index contributed by atoms with van der Waals surface area (Å²) in [5, 5.41) is 0. The first kappa shape index (κ1) is 20.9. The Balaban J connectivity index is 1.60. The molecule has 0 atom stereocenters. The zero-order chi connectivity index (χ0) is 20.1. The molecule has 2 aromatic rings. The van der Waals surface area contributed by atoms with Crippen LogP contribution in [0.1, 0.15) is 41.0 Å². The van der Waals surface area contributed by atoms with Crippen molar-refractivity contribution in [2.24, 2.45) is 0 Å². The number of aryl methyl sites for hydroxylation is 1. The van der Waals surface area contributed by atoms with Gasteiger partial charge in [0.2, 0.25) is 0 Å². The molecule has 28 heavy (non-hydrogen) atoms. The van der Waals surface area contributed by atoms with Gasteiger partial charge in [0.1, 0.15) is 5.75 Å². The number of rotatable bonds is 7. The highest BCUT2D eigenvalue weighted by Gasteiger charge is 2.20. The SMILES string of the molecule is COc1cc(C2SCCS2)ccc1OC(=O)COc1ccc(C(C)C)c(C)c1. The van der Waals surface area contributed by atoms with Gasteiger partial charge in [-0.3, -0.25) is 0 Å². The van der Waals surface area contributed by atoms with Crippen molar-refractivity contribution < 1.29 is 19.0 Å². The first-order chi connectivity index (χ1) is 13.5. The molecule has 1 fully saturated rings. The molecule has 2 aromatic carbocycles. The third-order valence-electron chi connectivity index (χ3n) is 4.53. The number of methoxy groups -OCH3 is 1. The number of carbonyl (C=O) groups excluding carboxylic acids is 1. The molecule has 1 aliphatic rings. The summed E-state index contributed by atoms with van der Waals surface area (Å²) in [6.07, 6.45) is 0. The minimum Gasteiger partial charge on any atom is -0.493 e.